The van der Waals surface area contributed by atoms with Crippen molar-refractivity contribution in [2.24, 2.45) is 0 Å². The van der Waals surface area contributed by atoms with Crippen LogP contribution >= 0.6 is 23.2 Å². The smallest absolute Gasteiger partial charge is 0.106 e. The lowest BCUT2D eigenvalue weighted by molar-refractivity contribution is 0.796. The molecule has 0 amide bonds. The van der Waals surface area contributed by atoms with Crippen molar-refractivity contribution >= 4 is 32.7 Å². The van der Waals surface area contributed by atoms with E-state index >= 15 is 0 Å². The van der Waals surface area contributed by atoms with Crippen LogP contribution in [0.15, 0.2) is 11.8 Å². The highest BCUT2D eigenvalue weighted by molar-refractivity contribution is 6.44. The molecule has 0 fully saturated rings. The van der Waals surface area contributed by atoms with Gasteiger partial charge in [0, 0.05) is 9.52 Å². The van der Waals surface area contributed by atoms with Gasteiger partial charge in [-0.15, -0.1) is 28.9 Å². The van der Waals surface area contributed by atoms with Crippen molar-refractivity contribution in [2.75, 3.05) is 0 Å². The maximum atomic E-state index is 5.54. The zero-order valence-electron chi connectivity index (χ0n) is 6.32. The maximum absolute atomic E-state index is 5.54. The van der Waals surface area contributed by atoms with Gasteiger partial charge in [-0.2, -0.15) is 0 Å². The minimum Gasteiger partial charge on any atom is -0.106 e. The van der Waals surface area contributed by atoms with Crippen LogP contribution in [0.3, 0.4) is 0 Å². The van der Waals surface area contributed by atoms with Crippen molar-refractivity contribution in [1.82, 2.24) is 0 Å². The highest BCUT2D eigenvalue weighted by atomic mass is 35.5. The Balaban J connectivity index is 2.97. The van der Waals surface area contributed by atoms with Gasteiger partial charge in [-0.05, 0) is 19.3 Å². The van der Waals surface area contributed by atoms with Crippen LogP contribution in [-0.2, 0) is 0 Å². The van der Waals surface area contributed by atoms with Gasteiger partial charge in [-0.25, -0.2) is 0 Å². The van der Waals surface area contributed by atoms with Crippen molar-refractivity contribution in [3.8, 4) is 0 Å². The second-order valence-corrected chi connectivity index (χ2v) is 4.77. The molecule has 0 saturated heterocycles. The van der Waals surface area contributed by atoms with E-state index in [1.807, 2.05) is 0 Å². The summed E-state index contributed by atoms with van der Waals surface area (Å²) in [6, 6.07) is 0. The predicted molar refractivity (Wildman–Crippen MR) is 52.9 cm³/mol. The van der Waals surface area contributed by atoms with Crippen LogP contribution in [-0.4, -0.2) is 14.4 Å². The predicted octanol–water partition coefficient (Wildman–Crippen LogP) is 2.69. The Morgan fingerprint density at radius 2 is 2.20 bits per heavy atom. The van der Waals surface area contributed by atoms with E-state index in [0.29, 0.717) is 0 Å². The lowest BCUT2D eigenvalue weighted by atomic mass is 10.2. The molecule has 0 nitrogen and oxygen atoms in total. The highest BCUT2D eigenvalue weighted by Gasteiger charge is 1.94. The molecule has 0 aromatic heterocycles. The lowest BCUT2D eigenvalue weighted by Crippen LogP contribution is -1.84. The monoisotopic (exact) mass is 196 g/mol. The molecule has 0 bridgehead atoms. The molecule has 0 radical (unpaired) electrons. The van der Waals surface area contributed by atoms with Crippen molar-refractivity contribution in [3.05, 3.63) is 11.8 Å². The van der Waals surface area contributed by atoms with Gasteiger partial charge < -0.3 is 0 Å². The standard InChI is InChI=1S/C7H14Cl2Si/c1-10-6-4-2-3-5-7(8)9/h4,6-7H,2-3,5,10H2,1H3. The van der Waals surface area contributed by atoms with E-state index in [9.17, 15) is 0 Å². The zero-order valence-corrected chi connectivity index (χ0v) is 9.24. The number of hydrogen-bond donors (Lipinski definition) is 0. The first-order valence-electron chi connectivity index (χ1n) is 3.70. The van der Waals surface area contributed by atoms with Gasteiger partial charge in [0.05, 0.1) is 0 Å². The Morgan fingerprint density at radius 3 is 2.70 bits per heavy atom. The van der Waals surface area contributed by atoms with Gasteiger partial charge in [0.1, 0.15) is 4.84 Å². The topological polar surface area (TPSA) is 0 Å². The van der Waals surface area contributed by atoms with Crippen LogP contribution in [0.25, 0.3) is 0 Å². The summed E-state index contributed by atoms with van der Waals surface area (Å²) in [4.78, 5) is -0.174. The lowest BCUT2D eigenvalue weighted by Gasteiger charge is -1.95. The summed E-state index contributed by atoms with van der Waals surface area (Å²) in [5.74, 6) is 0. The van der Waals surface area contributed by atoms with E-state index in [2.05, 4.69) is 18.3 Å². The molecule has 0 heterocycles. The van der Waals surface area contributed by atoms with E-state index in [1.54, 1.807) is 0 Å². The zero-order chi connectivity index (χ0) is 7.82. The average molecular weight is 197 g/mol. The van der Waals surface area contributed by atoms with E-state index in [1.165, 1.54) is 0 Å². The maximum Gasteiger partial charge on any atom is 0.107 e. The molecule has 10 heavy (non-hydrogen) atoms. The molecule has 0 aromatic carbocycles. The van der Waals surface area contributed by atoms with E-state index in [-0.39, 0.29) is 14.4 Å². The molecule has 0 spiro atoms. The van der Waals surface area contributed by atoms with Gasteiger partial charge in [0.2, 0.25) is 0 Å². The van der Waals surface area contributed by atoms with Crippen LogP contribution in [0.5, 0.6) is 0 Å². The Bertz CT molecular complexity index is 91.6. The van der Waals surface area contributed by atoms with Crippen molar-refractivity contribution in [1.29, 1.82) is 0 Å². The number of unbranched alkanes of at least 4 members (excludes halogenated alkanes) is 1. The van der Waals surface area contributed by atoms with Crippen molar-refractivity contribution in [2.45, 2.75) is 30.6 Å². The summed E-state index contributed by atoms with van der Waals surface area (Å²) >= 11 is 11.1. The SMILES string of the molecule is C[SiH2]C=CCCCC(Cl)Cl. The Morgan fingerprint density at radius 1 is 1.50 bits per heavy atom. The summed E-state index contributed by atoms with van der Waals surface area (Å²) in [6.45, 7) is 2.27. The molecule has 0 aliphatic heterocycles. The first-order valence-corrected chi connectivity index (χ1v) is 6.81. The van der Waals surface area contributed by atoms with Gasteiger partial charge in [-0.1, -0.05) is 12.6 Å². The molecule has 0 aromatic rings. The van der Waals surface area contributed by atoms with E-state index in [4.69, 9.17) is 23.2 Å². The molecule has 3 heteroatoms. The molecule has 0 atom stereocenters. The summed E-state index contributed by atoms with van der Waals surface area (Å²) in [6.07, 6.45) is 5.40. The quantitative estimate of drug-likeness (QED) is 0.361. The fourth-order valence-electron chi connectivity index (χ4n) is 0.675. The van der Waals surface area contributed by atoms with E-state index < -0.39 is 0 Å². The second kappa shape index (κ2) is 7.64. The van der Waals surface area contributed by atoms with Crippen LogP contribution in [0.2, 0.25) is 6.55 Å². The molecule has 0 saturated carbocycles. The van der Waals surface area contributed by atoms with E-state index in [0.717, 1.165) is 19.3 Å². The summed E-state index contributed by atoms with van der Waals surface area (Å²) in [5.41, 5.74) is 2.30. The Labute approximate surface area is 75.4 Å². The van der Waals surface area contributed by atoms with Crippen LogP contribution < -0.4 is 0 Å². The third-order valence-corrected chi connectivity index (χ3v) is 2.44. The largest absolute Gasteiger partial charge is 0.107 e. The van der Waals surface area contributed by atoms with Gasteiger partial charge in [0.25, 0.3) is 0 Å². The number of halogens is 2. The Kier molecular flexibility index (Phi) is 8.05. The molecular formula is C7H14Cl2Si. The molecule has 0 aliphatic carbocycles. The third-order valence-electron chi connectivity index (χ3n) is 1.20. The molecule has 60 valence electrons. The average Bonchev–Trinajstić information content (AvgIpc) is 1.87. The van der Waals surface area contributed by atoms with Crippen molar-refractivity contribution < 1.29 is 0 Å². The summed E-state index contributed by atoms with van der Waals surface area (Å²) in [7, 11) is 0.120. The van der Waals surface area contributed by atoms with Gasteiger partial charge in [-0.3, -0.25) is 0 Å². The number of alkyl halides is 2. The molecular weight excluding hydrogens is 183 g/mol. The fourth-order valence-corrected chi connectivity index (χ4v) is 1.55. The number of allylic oxidation sites excluding steroid dienone is 1. The first kappa shape index (κ1) is 10.5. The molecule has 0 unspecified atom stereocenters. The molecule has 0 N–H and O–H groups in total. The summed E-state index contributed by atoms with van der Waals surface area (Å²) < 4.78 is 0. The van der Waals surface area contributed by atoms with Gasteiger partial charge >= 0.3 is 0 Å². The minimum absolute atomic E-state index is 0.120. The minimum atomic E-state index is -0.174. The number of rotatable bonds is 5. The third kappa shape index (κ3) is 8.54. The second-order valence-electron chi connectivity index (χ2n) is 2.20. The van der Waals surface area contributed by atoms with Crippen LogP contribution in [0, 0.1) is 0 Å². The molecule has 0 aliphatic rings. The first-order chi connectivity index (χ1) is 4.77. The van der Waals surface area contributed by atoms with Gasteiger partial charge in [0.15, 0.2) is 0 Å². The molecule has 0 rings (SSSR count). The highest BCUT2D eigenvalue weighted by Crippen LogP contribution is 2.10. The Hall–Kier alpha value is 0.537. The number of hydrogen-bond acceptors (Lipinski definition) is 0. The summed E-state index contributed by atoms with van der Waals surface area (Å²) in [5, 5.41) is 0. The van der Waals surface area contributed by atoms with Crippen molar-refractivity contribution in [3.63, 3.8) is 0 Å². The van der Waals surface area contributed by atoms with Crippen LogP contribution in [0.4, 0.5) is 0 Å². The van der Waals surface area contributed by atoms with Crippen LogP contribution in [0.1, 0.15) is 19.3 Å². The normalized spacial score (nSPS) is 12.8. The fraction of sp³-hybridized carbons (Fsp3) is 0.714.